The molecule has 1 aromatic heterocycles. The van der Waals surface area contributed by atoms with Gasteiger partial charge in [-0.2, -0.15) is 0 Å². The first-order chi connectivity index (χ1) is 23.7. The average molecular weight is 613 g/mol. The fraction of sp³-hybridized carbons (Fsp3) is 0. The molecule has 0 aliphatic carbocycles. The average Bonchev–Trinajstić information content (AvgIpc) is 3.18. The fourth-order valence-corrected chi connectivity index (χ4v) is 6.02. The zero-order valence-corrected chi connectivity index (χ0v) is 26.0. The van der Waals surface area contributed by atoms with Gasteiger partial charge in [0.05, 0.1) is 6.57 Å². The van der Waals surface area contributed by atoms with Crippen LogP contribution >= 0.6 is 0 Å². The van der Waals surface area contributed by atoms with Gasteiger partial charge in [0.25, 0.3) is 0 Å². The number of aromatic nitrogens is 3. The van der Waals surface area contributed by atoms with Crippen LogP contribution in [0.5, 0.6) is 0 Å². The summed E-state index contributed by atoms with van der Waals surface area (Å²) in [6.07, 6.45) is 0. The Balaban J connectivity index is 1.13. The number of rotatable bonds is 6. The number of hydrogen-bond donors (Lipinski definition) is 0. The monoisotopic (exact) mass is 612 g/mol. The lowest BCUT2D eigenvalue weighted by Gasteiger charge is -2.11. The minimum Gasteiger partial charge on any atom is -0.238 e. The van der Waals surface area contributed by atoms with Gasteiger partial charge in [0, 0.05) is 16.7 Å². The van der Waals surface area contributed by atoms with Crippen molar-refractivity contribution in [1.82, 2.24) is 15.0 Å². The Morgan fingerprint density at radius 1 is 0.354 bits per heavy atom. The van der Waals surface area contributed by atoms with E-state index in [0.29, 0.717) is 23.2 Å². The zero-order valence-electron chi connectivity index (χ0n) is 26.0. The molecule has 8 rings (SSSR count). The van der Waals surface area contributed by atoms with Crippen LogP contribution in [0.15, 0.2) is 170 Å². The molecule has 0 saturated carbocycles. The van der Waals surface area contributed by atoms with Gasteiger partial charge >= 0.3 is 0 Å². The molecule has 224 valence electrons. The predicted molar refractivity (Wildman–Crippen MR) is 196 cm³/mol. The summed E-state index contributed by atoms with van der Waals surface area (Å²) >= 11 is 0. The third-order valence-electron chi connectivity index (χ3n) is 8.58. The maximum Gasteiger partial charge on any atom is 0.187 e. The van der Waals surface area contributed by atoms with Gasteiger partial charge in [0.1, 0.15) is 0 Å². The molecule has 0 radical (unpaired) electrons. The van der Waals surface area contributed by atoms with Crippen LogP contribution in [0, 0.1) is 6.57 Å². The minimum atomic E-state index is 0.640. The maximum absolute atomic E-state index is 7.21. The highest BCUT2D eigenvalue weighted by Gasteiger charge is 2.13. The summed E-state index contributed by atoms with van der Waals surface area (Å²) in [5, 5.41) is 2.39. The van der Waals surface area contributed by atoms with Crippen molar-refractivity contribution in [2.75, 3.05) is 0 Å². The second-order valence-corrected chi connectivity index (χ2v) is 11.6. The summed E-state index contributed by atoms with van der Waals surface area (Å²) in [5.41, 5.74) is 10.3. The Hall–Kier alpha value is -6.70. The van der Waals surface area contributed by atoms with Crippen LogP contribution in [0.25, 0.3) is 83.2 Å². The zero-order chi connectivity index (χ0) is 32.3. The van der Waals surface area contributed by atoms with Crippen LogP contribution < -0.4 is 0 Å². The van der Waals surface area contributed by atoms with Crippen molar-refractivity contribution in [2.45, 2.75) is 0 Å². The molecular formula is C44H28N4. The highest BCUT2D eigenvalue weighted by molar-refractivity contribution is 5.99. The first-order valence-electron chi connectivity index (χ1n) is 15.8. The summed E-state index contributed by atoms with van der Waals surface area (Å²) < 4.78 is 0. The van der Waals surface area contributed by atoms with Gasteiger partial charge in [-0.25, -0.2) is 19.8 Å². The molecule has 0 N–H and O–H groups in total. The van der Waals surface area contributed by atoms with Crippen molar-refractivity contribution in [3.63, 3.8) is 0 Å². The van der Waals surface area contributed by atoms with Crippen LogP contribution in [0.1, 0.15) is 0 Å². The van der Waals surface area contributed by atoms with Crippen LogP contribution in [-0.2, 0) is 0 Å². The highest BCUT2D eigenvalue weighted by Crippen LogP contribution is 2.34. The van der Waals surface area contributed by atoms with E-state index in [-0.39, 0.29) is 0 Å². The summed E-state index contributed by atoms with van der Waals surface area (Å²) in [6.45, 7) is 7.21. The molecule has 0 fully saturated rings. The lowest BCUT2D eigenvalue weighted by Crippen LogP contribution is -2.00. The van der Waals surface area contributed by atoms with Gasteiger partial charge in [-0.05, 0) is 50.2 Å². The van der Waals surface area contributed by atoms with Crippen molar-refractivity contribution >= 4 is 16.5 Å². The summed E-state index contributed by atoms with van der Waals surface area (Å²) in [6, 6.07) is 58.0. The normalized spacial score (nSPS) is 10.9. The van der Waals surface area contributed by atoms with Gasteiger partial charge in [-0.3, -0.25) is 0 Å². The van der Waals surface area contributed by atoms with E-state index in [4.69, 9.17) is 21.5 Å². The maximum atomic E-state index is 7.21. The van der Waals surface area contributed by atoms with Crippen LogP contribution in [0.3, 0.4) is 0 Å². The Kier molecular flexibility index (Phi) is 7.54. The molecule has 0 unspecified atom stereocenters. The Labute approximate surface area is 279 Å². The Morgan fingerprint density at radius 3 is 1.33 bits per heavy atom. The molecule has 0 amide bonds. The second kappa shape index (κ2) is 12.6. The lowest BCUT2D eigenvalue weighted by atomic mass is 9.93. The minimum absolute atomic E-state index is 0.640. The van der Waals surface area contributed by atoms with E-state index >= 15 is 0 Å². The topological polar surface area (TPSA) is 43.0 Å². The van der Waals surface area contributed by atoms with Crippen molar-refractivity contribution in [3.8, 4) is 67.5 Å². The fourth-order valence-electron chi connectivity index (χ4n) is 6.02. The molecule has 0 atom stereocenters. The Bertz CT molecular complexity index is 2350. The third-order valence-corrected chi connectivity index (χ3v) is 8.58. The largest absolute Gasteiger partial charge is 0.238 e. The van der Waals surface area contributed by atoms with Gasteiger partial charge in [0.15, 0.2) is 23.2 Å². The number of benzene rings is 7. The van der Waals surface area contributed by atoms with Crippen LogP contribution in [0.2, 0.25) is 0 Å². The van der Waals surface area contributed by atoms with E-state index in [0.717, 1.165) is 44.5 Å². The predicted octanol–water partition coefficient (Wildman–Crippen LogP) is 11.6. The lowest BCUT2D eigenvalue weighted by molar-refractivity contribution is 1.07. The van der Waals surface area contributed by atoms with Crippen molar-refractivity contribution in [1.29, 1.82) is 0 Å². The van der Waals surface area contributed by atoms with Crippen molar-refractivity contribution in [2.24, 2.45) is 0 Å². The molecule has 0 aliphatic heterocycles. The Morgan fingerprint density at radius 2 is 0.792 bits per heavy atom. The van der Waals surface area contributed by atoms with Gasteiger partial charge < -0.3 is 0 Å². The van der Waals surface area contributed by atoms with Gasteiger partial charge in [-0.15, -0.1) is 0 Å². The number of nitrogens with zero attached hydrogens (tertiary/aromatic N) is 4. The van der Waals surface area contributed by atoms with Crippen LogP contribution in [0.4, 0.5) is 5.69 Å². The highest BCUT2D eigenvalue weighted by atomic mass is 15.0. The first kappa shape index (κ1) is 28.8. The van der Waals surface area contributed by atoms with Gasteiger partial charge in [0.2, 0.25) is 0 Å². The SMILES string of the molecule is [C-]#[N+]c1ccc(-c2ccc(-c3cccc4ccc(-c5ccc(-c6nc(-c7ccccc7)nc(-c7ccccc7)n6)cc5)cc34)cc2)cc1. The molecule has 8 aromatic rings. The number of hydrogen-bond acceptors (Lipinski definition) is 3. The summed E-state index contributed by atoms with van der Waals surface area (Å²) in [4.78, 5) is 18.1. The molecular weight excluding hydrogens is 585 g/mol. The standard InChI is InChI=1S/C44H28N4/c1-45-39-27-25-31(26-28-39)30-15-19-34(20-16-30)40-14-8-13-33-21-24-38(29-41(33)40)32-17-22-37(23-18-32)44-47-42(35-9-4-2-5-10-35)46-43(48-44)36-11-6-3-7-12-36/h2-29H. The molecule has 1 heterocycles. The molecule has 0 bridgehead atoms. The molecule has 0 aliphatic rings. The van der Waals surface area contributed by atoms with E-state index in [1.165, 1.54) is 16.3 Å². The third kappa shape index (κ3) is 5.73. The van der Waals surface area contributed by atoms with Crippen LogP contribution in [-0.4, -0.2) is 15.0 Å². The van der Waals surface area contributed by atoms with E-state index in [1.54, 1.807) is 0 Å². The van der Waals surface area contributed by atoms with E-state index < -0.39 is 0 Å². The molecule has 4 heteroatoms. The first-order valence-corrected chi connectivity index (χ1v) is 15.8. The molecule has 0 spiro atoms. The summed E-state index contributed by atoms with van der Waals surface area (Å²) in [7, 11) is 0. The summed E-state index contributed by atoms with van der Waals surface area (Å²) in [5.74, 6) is 1.94. The van der Waals surface area contributed by atoms with Gasteiger partial charge in [-0.1, -0.05) is 164 Å². The molecule has 4 nitrogen and oxygen atoms in total. The van der Waals surface area contributed by atoms with Crippen molar-refractivity contribution in [3.05, 3.63) is 181 Å². The molecule has 48 heavy (non-hydrogen) atoms. The van der Waals surface area contributed by atoms with E-state index in [1.807, 2.05) is 84.9 Å². The van der Waals surface area contributed by atoms with Crippen molar-refractivity contribution < 1.29 is 0 Å². The second-order valence-electron chi connectivity index (χ2n) is 11.6. The smallest absolute Gasteiger partial charge is 0.187 e. The quantitative estimate of drug-likeness (QED) is 0.175. The number of fused-ring (bicyclic) bond motifs is 1. The van der Waals surface area contributed by atoms with E-state index in [2.05, 4.69) is 89.8 Å². The molecule has 0 saturated heterocycles. The molecule has 7 aromatic carbocycles. The van der Waals surface area contributed by atoms with E-state index in [9.17, 15) is 0 Å².